The second-order valence-electron chi connectivity index (χ2n) is 6.08. The van der Waals surface area contributed by atoms with Crippen molar-refractivity contribution in [2.24, 2.45) is 0 Å². The van der Waals surface area contributed by atoms with Crippen LogP contribution in [0.3, 0.4) is 0 Å². The topological polar surface area (TPSA) is 66.4 Å². The predicted octanol–water partition coefficient (Wildman–Crippen LogP) is 3.97. The van der Waals surface area contributed by atoms with Gasteiger partial charge < -0.3 is 10.4 Å². The number of carbonyl (C=O) groups is 2. The highest BCUT2D eigenvalue weighted by molar-refractivity contribution is 6.04. The summed E-state index contributed by atoms with van der Waals surface area (Å²) in [7, 11) is 0. The lowest BCUT2D eigenvalue weighted by Gasteiger charge is -2.25. The molecule has 0 atom stereocenters. The normalized spacial score (nSPS) is 14.0. The average Bonchev–Trinajstić information content (AvgIpc) is 2.48. The van der Waals surface area contributed by atoms with Crippen LogP contribution in [0, 0.1) is 5.82 Å². The van der Waals surface area contributed by atoms with Crippen LogP contribution in [-0.2, 0) is 11.2 Å². The quantitative estimate of drug-likeness (QED) is 0.873. The zero-order valence-electron chi connectivity index (χ0n) is 13.1. The summed E-state index contributed by atoms with van der Waals surface area (Å²) in [6.07, 6.45) is 3.28. The Hall–Kier alpha value is -2.69. The van der Waals surface area contributed by atoms with Crippen LogP contribution in [0.25, 0.3) is 0 Å². The second kappa shape index (κ2) is 6.83. The highest BCUT2D eigenvalue weighted by atomic mass is 19.1. The van der Waals surface area contributed by atoms with Crippen LogP contribution in [0.15, 0.2) is 42.5 Å². The van der Waals surface area contributed by atoms with E-state index in [0.717, 1.165) is 6.07 Å². The molecular weight excluding hydrogens is 309 g/mol. The molecule has 1 amide bonds. The number of anilines is 1. The number of hydrogen-bond donors (Lipinski definition) is 2. The van der Waals surface area contributed by atoms with Crippen LogP contribution in [0.4, 0.5) is 10.1 Å². The van der Waals surface area contributed by atoms with E-state index in [4.69, 9.17) is 5.11 Å². The highest BCUT2D eigenvalue weighted by Crippen LogP contribution is 2.36. The number of halogens is 1. The van der Waals surface area contributed by atoms with E-state index < -0.39 is 11.8 Å². The molecule has 0 bridgehead atoms. The first-order chi connectivity index (χ1) is 11.5. The van der Waals surface area contributed by atoms with E-state index in [2.05, 4.69) is 5.32 Å². The van der Waals surface area contributed by atoms with Crippen LogP contribution in [0.2, 0.25) is 0 Å². The Morgan fingerprint density at radius 2 is 1.83 bits per heavy atom. The molecule has 1 saturated carbocycles. The van der Waals surface area contributed by atoms with Gasteiger partial charge in [0.2, 0.25) is 0 Å². The summed E-state index contributed by atoms with van der Waals surface area (Å²) in [5, 5.41) is 11.3. The van der Waals surface area contributed by atoms with Gasteiger partial charge in [0, 0.05) is 11.3 Å². The summed E-state index contributed by atoms with van der Waals surface area (Å²) in [5.41, 5.74) is 2.15. The van der Waals surface area contributed by atoms with E-state index >= 15 is 0 Å². The minimum Gasteiger partial charge on any atom is -0.481 e. The zero-order valence-corrected chi connectivity index (χ0v) is 13.1. The van der Waals surface area contributed by atoms with E-state index in [0.29, 0.717) is 17.2 Å². The van der Waals surface area contributed by atoms with Crippen LogP contribution < -0.4 is 5.32 Å². The molecule has 2 aromatic rings. The summed E-state index contributed by atoms with van der Waals surface area (Å²) in [5.74, 6) is -1.45. The lowest BCUT2D eigenvalue weighted by molar-refractivity contribution is -0.136. The number of carbonyl (C=O) groups excluding carboxylic acids is 1. The molecule has 124 valence electrons. The summed E-state index contributed by atoms with van der Waals surface area (Å²) in [6.45, 7) is 0. The first-order valence-electron chi connectivity index (χ1n) is 7.94. The first kappa shape index (κ1) is 16.2. The smallest absolute Gasteiger partial charge is 0.307 e. The van der Waals surface area contributed by atoms with Crippen molar-refractivity contribution in [1.29, 1.82) is 0 Å². The molecule has 0 unspecified atom stereocenters. The van der Waals surface area contributed by atoms with Crippen molar-refractivity contribution in [2.75, 3.05) is 5.32 Å². The Morgan fingerprint density at radius 1 is 1.12 bits per heavy atom. The molecule has 24 heavy (non-hydrogen) atoms. The summed E-state index contributed by atoms with van der Waals surface area (Å²) >= 11 is 0. The van der Waals surface area contributed by atoms with Gasteiger partial charge >= 0.3 is 5.97 Å². The lowest BCUT2D eigenvalue weighted by Crippen LogP contribution is -2.13. The summed E-state index contributed by atoms with van der Waals surface area (Å²) in [4.78, 5) is 22.9. The lowest BCUT2D eigenvalue weighted by atomic mass is 9.80. The molecule has 1 fully saturated rings. The van der Waals surface area contributed by atoms with Gasteiger partial charge in [-0.25, -0.2) is 4.39 Å². The number of amides is 1. The van der Waals surface area contributed by atoms with Gasteiger partial charge in [-0.3, -0.25) is 9.59 Å². The van der Waals surface area contributed by atoms with Crippen molar-refractivity contribution in [1.82, 2.24) is 0 Å². The zero-order chi connectivity index (χ0) is 17.1. The maximum Gasteiger partial charge on any atom is 0.307 e. The summed E-state index contributed by atoms with van der Waals surface area (Å²) in [6, 6.07) is 11.5. The van der Waals surface area contributed by atoms with Gasteiger partial charge in [0.05, 0.1) is 6.42 Å². The molecular formula is C19H18FNO3. The third-order valence-electron chi connectivity index (χ3n) is 4.40. The minimum absolute atomic E-state index is 0.0883. The molecule has 0 heterocycles. The number of carboxylic acids is 1. The third-order valence-corrected chi connectivity index (χ3v) is 4.40. The molecule has 0 aliphatic heterocycles. The van der Waals surface area contributed by atoms with Crippen LogP contribution in [0.1, 0.15) is 46.7 Å². The maximum absolute atomic E-state index is 13.8. The van der Waals surface area contributed by atoms with Crippen molar-refractivity contribution in [3.8, 4) is 0 Å². The number of rotatable bonds is 5. The van der Waals surface area contributed by atoms with E-state index in [9.17, 15) is 14.0 Å². The number of benzene rings is 2. The van der Waals surface area contributed by atoms with Gasteiger partial charge in [-0.05, 0) is 54.2 Å². The SMILES string of the molecule is O=C(O)Cc1ccc(NC(=O)c2ccc(C3CCC3)cc2)cc1F. The molecule has 5 heteroatoms. The second-order valence-corrected chi connectivity index (χ2v) is 6.08. The van der Waals surface area contributed by atoms with Crippen molar-refractivity contribution in [3.63, 3.8) is 0 Å². The van der Waals surface area contributed by atoms with Crippen LogP contribution in [0.5, 0.6) is 0 Å². The molecule has 4 nitrogen and oxygen atoms in total. The molecule has 1 aliphatic rings. The van der Waals surface area contributed by atoms with Gasteiger partial charge in [-0.15, -0.1) is 0 Å². The molecule has 0 radical (unpaired) electrons. The van der Waals surface area contributed by atoms with E-state index in [1.54, 1.807) is 12.1 Å². The highest BCUT2D eigenvalue weighted by Gasteiger charge is 2.19. The Kier molecular flexibility index (Phi) is 4.60. The molecule has 3 rings (SSSR count). The van der Waals surface area contributed by atoms with E-state index in [-0.39, 0.29) is 17.9 Å². The van der Waals surface area contributed by atoms with Gasteiger partial charge in [-0.2, -0.15) is 0 Å². The minimum atomic E-state index is -1.10. The fraction of sp³-hybridized carbons (Fsp3) is 0.263. The Balaban J connectivity index is 1.67. The molecule has 0 aromatic heterocycles. The Morgan fingerprint density at radius 3 is 2.38 bits per heavy atom. The van der Waals surface area contributed by atoms with Gasteiger partial charge in [0.25, 0.3) is 5.91 Å². The largest absolute Gasteiger partial charge is 0.481 e. The van der Waals surface area contributed by atoms with E-state index in [1.807, 2.05) is 12.1 Å². The predicted molar refractivity (Wildman–Crippen MR) is 88.7 cm³/mol. The van der Waals surface area contributed by atoms with Crippen molar-refractivity contribution in [2.45, 2.75) is 31.6 Å². The van der Waals surface area contributed by atoms with Crippen molar-refractivity contribution < 1.29 is 19.1 Å². The van der Waals surface area contributed by atoms with Gasteiger partial charge in [0.1, 0.15) is 5.82 Å². The monoisotopic (exact) mass is 327 g/mol. The van der Waals surface area contributed by atoms with E-state index in [1.165, 1.54) is 37.0 Å². The van der Waals surface area contributed by atoms with Gasteiger partial charge in [-0.1, -0.05) is 24.6 Å². The molecule has 2 aromatic carbocycles. The van der Waals surface area contributed by atoms with Crippen LogP contribution in [-0.4, -0.2) is 17.0 Å². The fourth-order valence-electron chi connectivity index (χ4n) is 2.78. The Labute approximate surface area is 139 Å². The van der Waals surface area contributed by atoms with Crippen LogP contribution >= 0.6 is 0 Å². The van der Waals surface area contributed by atoms with Gasteiger partial charge in [0.15, 0.2) is 0 Å². The van der Waals surface area contributed by atoms with Crippen molar-refractivity contribution in [3.05, 3.63) is 65.0 Å². The number of aliphatic carboxylic acids is 1. The molecule has 1 aliphatic carbocycles. The number of nitrogens with one attached hydrogen (secondary N) is 1. The summed E-state index contributed by atoms with van der Waals surface area (Å²) < 4.78 is 13.8. The van der Waals surface area contributed by atoms with Crippen molar-refractivity contribution >= 4 is 17.6 Å². The maximum atomic E-state index is 13.8. The number of hydrogen-bond acceptors (Lipinski definition) is 2. The molecule has 0 spiro atoms. The molecule has 0 saturated heterocycles. The average molecular weight is 327 g/mol. The standard InChI is InChI=1S/C19H18FNO3/c20-17-11-16(9-8-15(17)10-18(22)23)21-19(24)14-6-4-13(5-7-14)12-2-1-3-12/h4-9,11-12H,1-3,10H2,(H,21,24)(H,22,23). The third kappa shape index (κ3) is 3.62. The molecule has 2 N–H and O–H groups in total. The Bertz CT molecular complexity index is 767. The first-order valence-corrected chi connectivity index (χ1v) is 7.94. The fourth-order valence-corrected chi connectivity index (χ4v) is 2.78. The number of carboxylic acid groups (broad SMARTS) is 1.